The molecule has 0 aliphatic rings. The van der Waals surface area contributed by atoms with E-state index in [-0.39, 0.29) is 38.5 Å². The van der Waals surface area contributed by atoms with Gasteiger partial charge in [0.2, 0.25) is 11.5 Å². The second-order valence-corrected chi connectivity index (χ2v) is 9.21. The largest absolute Gasteiger partial charge is 0.618 e. The Morgan fingerprint density at radius 2 is 1.77 bits per heavy atom. The third kappa shape index (κ3) is 5.15. The second-order valence-electron chi connectivity index (χ2n) is 7.10. The van der Waals surface area contributed by atoms with Crippen LogP contribution in [-0.4, -0.2) is 20.3 Å². The van der Waals surface area contributed by atoms with Crippen molar-refractivity contribution in [3.05, 3.63) is 87.8 Å². The highest BCUT2D eigenvalue weighted by atomic mass is 35.5. The van der Waals surface area contributed by atoms with Crippen LogP contribution in [0, 0.1) is 12.1 Å². The molecule has 0 spiro atoms. The molecule has 0 aliphatic heterocycles. The number of pyridine rings is 1. The number of benzene rings is 2. The Labute approximate surface area is 185 Å². The number of sulfonamides is 1. The van der Waals surface area contributed by atoms with Crippen LogP contribution in [0.3, 0.4) is 0 Å². The molecule has 31 heavy (non-hydrogen) atoms. The number of ether oxygens (including phenoxy) is 1. The van der Waals surface area contributed by atoms with Gasteiger partial charge in [0.25, 0.3) is 10.0 Å². The molecule has 3 aromatic rings. The van der Waals surface area contributed by atoms with Gasteiger partial charge in [0.1, 0.15) is 5.75 Å². The highest BCUT2D eigenvalue weighted by Gasteiger charge is 2.23. The quantitative estimate of drug-likeness (QED) is 0.325. The first-order valence-electron chi connectivity index (χ1n) is 9.41. The summed E-state index contributed by atoms with van der Waals surface area (Å²) in [5, 5.41) is 12.1. The minimum absolute atomic E-state index is 0.00486. The van der Waals surface area contributed by atoms with Gasteiger partial charge < -0.3 is 9.94 Å². The van der Waals surface area contributed by atoms with Gasteiger partial charge in [0.05, 0.1) is 22.3 Å². The van der Waals surface area contributed by atoms with E-state index in [4.69, 9.17) is 16.3 Å². The van der Waals surface area contributed by atoms with Crippen LogP contribution in [0.2, 0.25) is 5.02 Å². The Kier molecular flexibility index (Phi) is 6.52. The fourth-order valence-corrected chi connectivity index (χ4v) is 4.17. The highest BCUT2D eigenvalue weighted by molar-refractivity contribution is 7.92. The van der Waals surface area contributed by atoms with E-state index in [9.17, 15) is 18.4 Å². The third-order valence-corrected chi connectivity index (χ3v) is 6.04. The van der Waals surface area contributed by atoms with Crippen LogP contribution in [0.1, 0.15) is 35.5 Å². The van der Waals surface area contributed by atoms with Crippen molar-refractivity contribution in [1.82, 2.24) is 0 Å². The lowest BCUT2D eigenvalue weighted by Gasteiger charge is -2.14. The number of hydrogen-bond donors (Lipinski definition) is 1. The predicted octanol–water partition coefficient (Wildman–Crippen LogP) is 4.10. The molecule has 0 fully saturated rings. The van der Waals surface area contributed by atoms with E-state index in [1.807, 2.05) is 13.8 Å². The predicted molar refractivity (Wildman–Crippen MR) is 118 cm³/mol. The van der Waals surface area contributed by atoms with E-state index < -0.39 is 15.8 Å². The van der Waals surface area contributed by atoms with Crippen LogP contribution >= 0.6 is 11.6 Å². The summed E-state index contributed by atoms with van der Waals surface area (Å²) in [5.74, 6) is 0.0189. The van der Waals surface area contributed by atoms with Crippen LogP contribution in [0.15, 0.2) is 65.7 Å². The summed E-state index contributed by atoms with van der Waals surface area (Å²) in [6.07, 6.45) is 1.23. The molecule has 0 saturated carbocycles. The van der Waals surface area contributed by atoms with Gasteiger partial charge in [0, 0.05) is 23.6 Å². The van der Waals surface area contributed by atoms with Crippen molar-refractivity contribution in [3.63, 3.8) is 0 Å². The lowest BCUT2D eigenvalue weighted by molar-refractivity contribution is -0.612. The Morgan fingerprint density at radius 3 is 2.42 bits per heavy atom. The average Bonchev–Trinajstić information content (AvgIpc) is 2.71. The number of rotatable bonds is 7. The molecule has 7 nitrogen and oxygen atoms in total. The Hall–Kier alpha value is -3.10. The average molecular weight is 461 g/mol. The molecule has 0 unspecified atom stereocenters. The normalized spacial score (nSPS) is 11.4. The van der Waals surface area contributed by atoms with Crippen molar-refractivity contribution in [3.8, 4) is 5.75 Å². The maximum absolute atomic E-state index is 13.1. The van der Waals surface area contributed by atoms with Gasteiger partial charge >= 0.3 is 0 Å². The van der Waals surface area contributed by atoms with Gasteiger partial charge in [0.15, 0.2) is 6.20 Å². The zero-order chi connectivity index (χ0) is 22.8. The summed E-state index contributed by atoms with van der Waals surface area (Å²) in [6, 6.07) is 13.1. The van der Waals surface area contributed by atoms with E-state index in [0.29, 0.717) is 10.5 Å². The minimum Gasteiger partial charge on any atom is -0.618 e. The van der Waals surface area contributed by atoms with Crippen molar-refractivity contribution in [2.24, 2.45) is 0 Å². The van der Waals surface area contributed by atoms with Crippen molar-refractivity contribution < 1.29 is 22.7 Å². The molecule has 1 aromatic heterocycles. The van der Waals surface area contributed by atoms with Gasteiger partial charge in [-0.05, 0) is 62.4 Å². The summed E-state index contributed by atoms with van der Waals surface area (Å²) in [7, 11) is -4.00. The molecule has 0 amide bonds. The Bertz CT molecular complexity index is 1230. The number of nitrogens with one attached hydrogen (secondary N) is 1. The second kappa shape index (κ2) is 8.95. The van der Waals surface area contributed by atoms with Gasteiger partial charge in [-0.1, -0.05) is 11.6 Å². The van der Waals surface area contributed by atoms with Gasteiger partial charge in [-0.25, -0.2) is 8.42 Å². The molecule has 0 aliphatic carbocycles. The number of halogens is 1. The van der Waals surface area contributed by atoms with E-state index in [0.717, 1.165) is 0 Å². The van der Waals surface area contributed by atoms with E-state index in [1.165, 1.54) is 55.6 Å². The molecule has 0 saturated heterocycles. The SMILES string of the molecule is Cc1c(C(=O)c2cc(Cl)ccc2NS(=O)(=O)c2ccc(OC(C)C)cc2)ccc[n+]1[O-]. The number of ketones is 1. The van der Waals surface area contributed by atoms with Crippen LogP contribution in [0.4, 0.5) is 5.69 Å². The maximum Gasteiger partial charge on any atom is 0.261 e. The van der Waals surface area contributed by atoms with E-state index in [2.05, 4.69) is 4.72 Å². The standard InChI is InChI=1S/C22H21ClN2O5S/c1-14(2)30-17-7-9-18(10-8-17)31(28,29)24-21-11-6-16(23)13-20(21)22(26)19-5-4-12-25(27)15(19)3/h4-14,24H,1-3H3. The Balaban J connectivity index is 1.97. The summed E-state index contributed by atoms with van der Waals surface area (Å²) in [5.41, 5.74) is 0.431. The highest BCUT2D eigenvalue weighted by Crippen LogP contribution is 2.27. The molecule has 0 bridgehead atoms. The number of carbonyl (C=O) groups excluding carboxylic acids is 1. The van der Waals surface area contributed by atoms with Crippen LogP contribution in [0.5, 0.6) is 5.75 Å². The van der Waals surface area contributed by atoms with Crippen molar-refractivity contribution >= 4 is 33.1 Å². The first-order chi connectivity index (χ1) is 14.6. The Morgan fingerprint density at radius 1 is 1.10 bits per heavy atom. The molecule has 0 radical (unpaired) electrons. The summed E-state index contributed by atoms with van der Waals surface area (Å²) >= 11 is 6.06. The van der Waals surface area contributed by atoms with Gasteiger partial charge in [-0.2, -0.15) is 4.73 Å². The smallest absolute Gasteiger partial charge is 0.261 e. The van der Waals surface area contributed by atoms with Gasteiger partial charge in [-0.3, -0.25) is 9.52 Å². The molecule has 9 heteroatoms. The first-order valence-corrected chi connectivity index (χ1v) is 11.3. The van der Waals surface area contributed by atoms with Crippen molar-refractivity contribution in [2.75, 3.05) is 4.72 Å². The molecule has 162 valence electrons. The lowest BCUT2D eigenvalue weighted by Crippen LogP contribution is -2.31. The van der Waals surface area contributed by atoms with Crippen molar-refractivity contribution in [1.29, 1.82) is 0 Å². The number of anilines is 1. The minimum atomic E-state index is -4.00. The maximum atomic E-state index is 13.1. The zero-order valence-corrected chi connectivity index (χ0v) is 18.7. The van der Waals surface area contributed by atoms with Gasteiger partial charge in [-0.15, -0.1) is 0 Å². The first kappa shape index (κ1) is 22.6. The van der Waals surface area contributed by atoms with Crippen LogP contribution in [-0.2, 0) is 10.0 Å². The molecular weight excluding hydrogens is 440 g/mol. The molecular formula is C22H21ClN2O5S. The monoisotopic (exact) mass is 460 g/mol. The number of nitrogens with zero attached hydrogens (tertiary/aromatic N) is 1. The topological polar surface area (TPSA) is 99.4 Å². The number of hydrogen-bond acceptors (Lipinski definition) is 5. The molecule has 3 rings (SSSR count). The lowest BCUT2D eigenvalue weighted by atomic mass is 10.0. The number of aromatic nitrogens is 1. The third-order valence-electron chi connectivity index (χ3n) is 4.43. The van der Waals surface area contributed by atoms with E-state index in [1.54, 1.807) is 12.1 Å². The molecule has 1 heterocycles. The number of carbonyl (C=O) groups is 1. The van der Waals surface area contributed by atoms with Crippen molar-refractivity contribution in [2.45, 2.75) is 31.8 Å². The molecule has 0 atom stereocenters. The summed E-state index contributed by atoms with van der Waals surface area (Å²) < 4.78 is 34.3. The summed E-state index contributed by atoms with van der Waals surface area (Å²) in [6.45, 7) is 5.25. The van der Waals surface area contributed by atoms with Crippen LogP contribution in [0.25, 0.3) is 0 Å². The molecule has 2 aromatic carbocycles. The van der Waals surface area contributed by atoms with Crippen LogP contribution < -0.4 is 14.2 Å². The zero-order valence-electron chi connectivity index (χ0n) is 17.1. The fraction of sp³-hybridized carbons (Fsp3) is 0.182. The molecule has 1 N–H and O–H groups in total. The van der Waals surface area contributed by atoms with E-state index >= 15 is 0 Å². The summed E-state index contributed by atoms with van der Waals surface area (Å²) in [4.78, 5) is 13.1. The fourth-order valence-electron chi connectivity index (χ4n) is 2.92.